The van der Waals surface area contributed by atoms with Gasteiger partial charge in [-0.25, -0.2) is 14.3 Å². The van der Waals surface area contributed by atoms with Crippen LogP contribution in [0.1, 0.15) is 21.5 Å². The van der Waals surface area contributed by atoms with Crippen molar-refractivity contribution in [3.05, 3.63) is 114 Å². The Morgan fingerprint density at radius 3 is 2.27 bits per heavy atom. The van der Waals surface area contributed by atoms with Gasteiger partial charge < -0.3 is 5.32 Å². The van der Waals surface area contributed by atoms with E-state index < -0.39 is 0 Å². The van der Waals surface area contributed by atoms with Gasteiger partial charge in [0.2, 0.25) is 0 Å². The molecule has 5 rings (SSSR count). The van der Waals surface area contributed by atoms with Gasteiger partial charge in [0.1, 0.15) is 18.3 Å². The number of hydrogen-bond donors (Lipinski definition) is 1. The highest BCUT2D eigenvalue weighted by Gasteiger charge is 2.18. The van der Waals surface area contributed by atoms with E-state index in [0.717, 1.165) is 22.5 Å². The molecule has 0 aliphatic heterocycles. The van der Waals surface area contributed by atoms with Crippen LogP contribution in [-0.2, 0) is 6.54 Å². The average molecular weight is 435 g/mol. The molecule has 0 aliphatic carbocycles. The minimum Gasteiger partial charge on any atom is -0.348 e. The molecule has 0 fully saturated rings. The predicted molar refractivity (Wildman–Crippen MR) is 126 cm³/mol. The Labute approximate surface area is 191 Å². The van der Waals surface area contributed by atoms with E-state index in [-0.39, 0.29) is 5.91 Å². The normalized spacial score (nSPS) is 10.8. The highest BCUT2D eigenvalue weighted by Crippen LogP contribution is 2.24. The standard InChI is InChI=1S/C26H22N6O/c1-19-7-11-22(12-8-19)31-16-24(25(30-31)21-5-3-2-4-6-21)26(33)28-15-20-9-13-23(14-10-20)32-18-27-17-29-32/h2-14,16-18H,15H2,1H3,(H,28,33). The lowest BCUT2D eigenvalue weighted by molar-refractivity contribution is 0.0951. The molecule has 2 aromatic heterocycles. The van der Waals surface area contributed by atoms with Crippen LogP contribution in [0.4, 0.5) is 0 Å². The van der Waals surface area contributed by atoms with Gasteiger partial charge in [-0.1, -0.05) is 60.2 Å². The number of benzene rings is 3. The molecular weight excluding hydrogens is 412 g/mol. The SMILES string of the molecule is Cc1ccc(-n2cc(C(=O)NCc3ccc(-n4cncn4)cc3)c(-c3ccccc3)n2)cc1. The summed E-state index contributed by atoms with van der Waals surface area (Å²) in [4.78, 5) is 17.1. The van der Waals surface area contributed by atoms with Crippen molar-refractivity contribution in [1.82, 2.24) is 29.9 Å². The molecule has 0 atom stereocenters. The summed E-state index contributed by atoms with van der Waals surface area (Å²) >= 11 is 0. The number of hydrogen-bond acceptors (Lipinski definition) is 4. The molecule has 0 bridgehead atoms. The zero-order valence-corrected chi connectivity index (χ0v) is 18.1. The molecule has 0 spiro atoms. The van der Waals surface area contributed by atoms with Crippen molar-refractivity contribution in [3.8, 4) is 22.6 Å². The van der Waals surface area contributed by atoms with Gasteiger partial charge in [-0.05, 0) is 36.8 Å². The Morgan fingerprint density at radius 1 is 0.879 bits per heavy atom. The molecule has 0 saturated carbocycles. The first-order valence-corrected chi connectivity index (χ1v) is 10.6. The number of nitrogens with one attached hydrogen (secondary N) is 1. The van der Waals surface area contributed by atoms with Crippen LogP contribution in [0.15, 0.2) is 97.7 Å². The number of nitrogens with zero attached hydrogens (tertiary/aromatic N) is 5. The van der Waals surface area contributed by atoms with Crippen LogP contribution >= 0.6 is 0 Å². The van der Waals surface area contributed by atoms with Crippen LogP contribution in [0, 0.1) is 6.92 Å². The summed E-state index contributed by atoms with van der Waals surface area (Å²) in [6.07, 6.45) is 4.93. The Morgan fingerprint density at radius 2 is 1.58 bits per heavy atom. The fourth-order valence-corrected chi connectivity index (χ4v) is 3.56. The Balaban J connectivity index is 1.39. The molecule has 1 N–H and O–H groups in total. The van der Waals surface area contributed by atoms with E-state index in [1.807, 2.05) is 85.8 Å². The topological polar surface area (TPSA) is 77.6 Å². The smallest absolute Gasteiger partial charge is 0.255 e. The molecule has 3 aromatic carbocycles. The maximum absolute atomic E-state index is 13.2. The second-order valence-electron chi connectivity index (χ2n) is 7.73. The number of carbonyl (C=O) groups is 1. The molecule has 7 heteroatoms. The van der Waals surface area contributed by atoms with Crippen LogP contribution in [0.3, 0.4) is 0 Å². The summed E-state index contributed by atoms with van der Waals surface area (Å²) in [5.41, 5.74) is 6.04. The van der Waals surface area contributed by atoms with Crippen LogP contribution in [-0.4, -0.2) is 30.5 Å². The van der Waals surface area contributed by atoms with Gasteiger partial charge >= 0.3 is 0 Å². The van der Waals surface area contributed by atoms with Gasteiger partial charge in [-0.2, -0.15) is 10.2 Å². The summed E-state index contributed by atoms with van der Waals surface area (Å²) < 4.78 is 3.44. The van der Waals surface area contributed by atoms with Gasteiger partial charge in [0, 0.05) is 18.3 Å². The van der Waals surface area contributed by atoms with E-state index in [2.05, 4.69) is 15.4 Å². The van der Waals surface area contributed by atoms with Crippen LogP contribution in [0.2, 0.25) is 0 Å². The summed E-state index contributed by atoms with van der Waals surface area (Å²) in [5.74, 6) is -0.174. The van der Waals surface area contributed by atoms with Gasteiger partial charge in [0.05, 0.1) is 16.9 Å². The van der Waals surface area contributed by atoms with Crippen molar-refractivity contribution in [2.24, 2.45) is 0 Å². The summed E-state index contributed by atoms with van der Waals surface area (Å²) in [7, 11) is 0. The third kappa shape index (κ3) is 4.43. The first-order valence-electron chi connectivity index (χ1n) is 10.6. The summed E-state index contributed by atoms with van der Waals surface area (Å²) in [6, 6.07) is 25.6. The number of amides is 1. The van der Waals surface area contributed by atoms with Crippen molar-refractivity contribution in [3.63, 3.8) is 0 Å². The fraction of sp³-hybridized carbons (Fsp3) is 0.0769. The molecule has 0 saturated heterocycles. The van der Waals surface area contributed by atoms with Crippen LogP contribution < -0.4 is 5.32 Å². The van der Waals surface area contributed by atoms with E-state index in [9.17, 15) is 4.79 Å². The second kappa shape index (κ2) is 8.92. The van der Waals surface area contributed by atoms with E-state index >= 15 is 0 Å². The minimum atomic E-state index is -0.174. The molecule has 2 heterocycles. The van der Waals surface area contributed by atoms with Gasteiger partial charge in [-0.3, -0.25) is 4.79 Å². The zero-order chi connectivity index (χ0) is 22.6. The number of aromatic nitrogens is 5. The molecule has 0 aliphatic rings. The lowest BCUT2D eigenvalue weighted by Crippen LogP contribution is -2.23. The molecular formula is C26H22N6O. The van der Waals surface area contributed by atoms with Crippen molar-refractivity contribution >= 4 is 5.91 Å². The Bertz CT molecular complexity index is 1360. The molecule has 33 heavy (non-hydrogen) atoms. The highest BCUT2D eigenvalue weighted by molar-refractivity contribution is 5.99. The number of carbonyl (C=O) groups excluding carboxylic acids is 1. The van der Waals surface area contributed by atoms with E-state index in [1.54, 1.807) is 21.9 Å². The Hall–Kier alpha value is -4.52. The first-order chi connectivity index (χ1) is 16.2. The third-order valence-electron chi connectivity index (χ3n) is 5.38. The van der Waals surface area contributed by atoms with E-state index in [1.165, 1.54) is 11.9 Å². The summed E-state index contributed by atoms with van der Waals surface area (Å²) in [6.45, 7) is 2.44. The molecule has 0 radical (unpaired) electrons. The monoisotopic (exact) mass is 434 g/mol. The maximum Gasteiger partial charge on any atom is 0.255 e. The number of rotatable bonds is 6. The first kappa shape index (κ1) is 20.4. The van der Waals surface area contributed by atoms with E-state index in [4.69, 9.17) is 5.10 Å². The predicted octanol–water partition coefficient (Wildman–Crippen LogP) is 4.36. The molecule has 0 unspecified atom stereocenters. The van der Waals surface area contributed by atoms with Crippen molar-refractivity contribution < 1.29 is 4.79 Å². The van der Waals surface area contributed by atoms with Crippen LogP contribution in [0.25, 0.3) is 22.6 Å². The zero-order valence-electron chi connectivity index (χ0n) is 18.1. The molecule has 162 valence electrons. The lowest BCUT2D eigenvalue weighted by Gasteiger charge is -2.07. The van der Waals surface area contributed by atoms with Crippen LogP contribution in [0.5, 0.6) is 0 Å². The largest absolute Gasteiger partial charge is 0.348 e. The Kier molecular flexibility index (Phi) is 5.51. The van der Waals surface area contributed by atoms with Gasteiger partial charge in [-0.15, -0.1) is 0 Å². The molecule has 1 amide bonds. The van der Waals surface area contributed by atoms with Gasteiger partial charge in [0.25, 0.3) is 5.91 Å². The fourth-order valence-electron chi connectivity index (χ4n) is 3.56. The average Bonchev–Trinajstić information content (AvgIpc) is 3.55. The van der Waals surface area contributed by atoms with E-state index in [0.29, 0.717) is 17.8 Å². The van der Waals surface area contributed by atoms with Crippen molar-refractivity contribution in [1.29, 1.82) is 0 Å². The van der Waals surface area contributed by atoms with Crippen molar-refractivity contribution in [2.45, 2.75) is 13.5 Å². The summed E-state index contributed by atoms with van der Waals surface area (Å²) in [5, 5.41) is 11.9. The van der Waals surface area contributed by atoms with Crippen molar-refractivity contribution in [2.75, 3.05) is 0 Å². The second-order valence-corrected chi connectivity index (χ2v) is 7.73. The minimum absolute atomic E-state index is 0.174. The highest BCUT2D eigenvalue weighted by atomic mass is 16.1. The molecule has 7 nitrogen and oxygen atoms in total. The molecule has 5 aromatic rings. The number of aryl methyl sites for hydroxylation is 1. The quantitative estimate of drug-likeness (QED) is 0.431. The van der Waals surface area contributed by atoms with Gasteiger partial charge in [0.15, 0.2) is 0 Å². The maximum atomic E-state index is 13.2. The lowest BCUT2D eigenvalue weighted by atomic mass is 10.1. The third-order valence-corrected chi connectivity index (χ3v) is 5.38.